The van der Waals surface area contributed by atoms with Crippen molar-refractivity contribution in [2.45, 2.75) is 10.7 Å². The molecule has 0 aliphatic rings. The van der Waals surface area contributed by atoms with Crippen molar-refractivity contribution in [3.05, 3.63) is 24.4 Å². The Hall–Kier alpha value is -2.27. The Morgan fingerprint density at radius 3 is 2.83 bits per heavy atom. The number of aromatic nitrogens is 4. The van der Waals surface area contributed by atoms with Gasteiger partial charge in [-0.3, -0.25) is 0 Å². The average molecular weight is 372 g/mol. The number of hydrogen-bond acceptors (Lipinski definition) is 7. The molecule has 0 bridgehead atoms. The zero-order valence-corrected chi connectivity index (χ0v) is 13.5. The molecule has 4 aromatic rings. The lowest BCUT2D eigenvalue weighted by molar-refractivity contribution is -0.274. The van der Waals surface area contributed by atoms with E-state index in [4.69, 9.17) is 4.42 Å². The van der Waals surface area contributed by atoms with Crippen LogP contribution >= 0.6 is 23.1 Å². The zero-order valence-electron chi connectivity index (χ0n) is 11.9. The van der Waals surface area contributed by atoms with Gasteiger partial charge in [0.25, 0.3) is 0 Å². The molecule has 124 valence electrons. The summed E-state index contributed by atoms with van der Waals surface area (Å²) in [6.45, 7) is 0. The van der Waals surface area contributed by atoms with Crippen LogP contribution in [0, 0.1) is 0 Å². The summed E-state index contributed by atoms with van der Waals surface area (Å²) in [5.74, 6) is -0.149. The Morgan fingerprint density at radius 2 is 2.12 bits per heavy atom. The van der Waals surface area contributed by atoms with Crippen molar-refractivity contribution in [1.29, 1.82) is 0 Å². The monoisotopic (exact) mass is 372 g/mol. The minimum Gasteiger partial charge on any atom is -0.435 e. The highest BCUT2D eigenvalue weighted by atomic mass is 32.2. The molecule has 1 aromatic carbocycles. The topological polar surface area (TPSA) is 65.5 Å². The van der Waals surface area contributed by atoms with Crippen LogP contribution in [0.15, 0.2) is 33.2 Å². The van der Waals surface area contributed by atoms with Gasteiger partial charge in [-0.05, 0) is 18.4 Å². The van der Waals surface area contributed by atoms with Crippen molar-refractivity contribution in [2.24, 2.45) is 0 Å². The number of fused-ring (bicyclic) bond motifs is 2. The normalized spacial score (nSPS) is 12.3. The third kappa shape index (κ3) is 2.80. The number of benzene rings is 1. The Bertz CT molecular complexity index is 1010. The van der Waals surface area contributed by atoms with Crippen LogP contribution in [0.4, 0.5) is 13.2 Å². The molecule has 0 radical (unpaired) electrons. The molecule has 4 rings (SSSR count). The lowest BCUT2D eigenvalue weighted by Crippen LogP contribution is -2.16. The first-order valence-corrected chi connectivity index (χ1v) is 8.52. The number of rotatable bonds is 3. The molecule has 24 heavy (non-hydrogen) atoms. The highest BCUT2D eigenvalue weighted by Crippen LogP contribution is 2.30. The zero-order chi connectivity index (χ0) is 16.9. The number of imidazole rings is 1. The smallest absolute Gasteiger partial charge is 0.435 e. The van der Waals surface area contributed by atoms with Crippen LogP contribution in [-0.4, -0.2) is 32.2 Å². The number of oxazole rings is 1. The van der Waals surface area contributed by atoms with Gasteiger partial charge in [0.1, 0.15) is 17.0 Å². The van der Waals surface area contributed by atoms with E-state index in [9.17, 15) is 13.2 Å². The van der Waals surface area contributed by atoms with Gasteiger partial charge in [-0.25, -0.2) is 14.5 Å². The van der Waals surface area contributed by atoms with Gasteiger partial charge < -0.3 is 9.15 Å². The molecule has 0 spiro atoms. The van der Waals surface area contributed by atoms with Crippen LogP contribution in [0.2, 0.25) is 0 Å². The Kier molecular flexibility index (Phi) is 3.42. The summed E-state index contributed by atoms with van der Waals surface area (Å²) < 4.78 is 48.7. The molecule has 3 aromatic heterocycles. The minimum absolute atomic E-state index is 0.206. The summed E-state index contributed by atoms with van der Waals surface area (Å²) in [7, 11) is 0. The van der Waals surface area contributed by atoms with Crippen LogP contribution in [0.5, 0.6) is 5.75 Å². The van der Waals surface area contributed by atoms with Crippen molar-refractivity contribution in [2.75, 3.05) is 6.26 Å². The second-order valence-corrected chi connectivity index (χ2v) is 6.63. The van der Waals surface area contributed by atoms with Gasteiger partial charge in [0, 0.05) is 6.07 Å². The van der Waals surface area contributed by atoms with Crippen molar-refractivity contribution in [3.8, 4) is 17.3 Å². The standard InChI is InChI=1S/C13H7F3N4O2S2/c1-23-12-19-20-5-8(18-11(20)24-12)10-17-7-4-6(22-13(14,15)16)2-3-9(7)21-10/h2-5H,1H3. The molecule has 0 fully saturated rings. The van der Waals surface area contributed by atoms with Crippen LogP contribution in [0.1, 0.15) is 0 Å². The van der Waals surface area contributed by atoms with Crippen LogP contribution in [0.25, 0.3) is 27.6 Å². The number of hydrogen-bond donors (Lipinski definition) is 0. The molecule has 0 aliphatic heterocycles. The van der Waals surface area contributed by atoms with Gasteiger partial charge in [-0.15, -0.1) is 18.3 Å². The van der Waals surface area contributed by atoms with E-state index in [0.29, 0.717) is 16.2 Å². The Labute approximate surface area is 140 Å². The van der Waals surface area contributed by atoms with E-state index in [1.165, 1.54) is 41.3 Å². The first-order chi connectivity index (χ1) is 11.4. The quantitative estimate of drug-likeness (QED) is 0.502. The van der Waals surface area contributed by atoms with Crippen molar-refractivity contribution in [3.63, 3.8) is 0 Å². The first-order valence-electron chi connectivity index (χ1n) is 6.48. The fourth-order valence-electron chi connectivity index (χ4n) is 2.08. The predicted molar refractivity (Wildman–Crippen MR) is 82.3 cm³/mol. The van der Waals surface area contributed by atoms with Gasteiger partial charge in [0.15, 0.2) is 9.92 Å². The van der Waals surface area contributed by atoms with Crippen LogP contribution in [0.3, 0.4) is 0 Å². The molecule has 0 aliphatic carbocycles. The minimum atomic E-state index is -4.75. The largest absolute Gasteiger partial charge is 0.573 e. The van der Waals surface area contributed by atoms with Gasteiger partial charge in [0.2, 0.25) is 10.9 Å². The van der Waals surface area contributed by atoms with Gasteiger partial charge >= 0.3 is 6.36 Å². The Morgan fingerprint density at radius 1 is 1.29 bits per heavy atom. The van der Waals surface area contributed by atoms with E-state index in [-0.39, 0.29) is 17.2 Å². The number of thioether (sulfide) groups is 1. The SMILES string of the molecule is CSc1nn2cc(-c3nc4cc(OC(F)(F)F)ccc4o3)nc2s1. The second kappa shape index (κ2) is 5.38. The number of halogens is 3. The lowest BCUT2D eigenvalue weighted by Gasteiger charge is -2.07. The maximum atomic E-state index is 12.3. The lowest BCUT2D eigenvalue weighted by atomic mass is 10.3. The summed E-state index contributed by atoms with van der Waals surface area (Å²) in [6, 6.07) is 3.70. The number of nitrogens with zero attached hydrogens (tertiary/aromatic N) is 4. The first kappa shape index (κ1) is 15.3. The Balaban J connectivity index is 1.71. The molecule has 6 nitrogen and oxygen atoms in total. The number of ether oxygens (including phenoxy) is 1. The van der Waals surface area contributed by atoms with Crippen molar-refractivity contribution in [1.82, 2.24) is 19.6 Å². The van der Waals surface area contributed by atoms with Gasteiger partial charge in [-0.2, -0.15) is 0 Å². The molecule has 0 atom stereocenters. The second-order valence-electron chi connectivity index (χ2n) is 4.62. The molecule has 0 unspecified atom stereocenters. The van der Waals surface area contributed by atoms with E-state index in [0.717, 1.165) is 4.34 Å². The van der Waals surface area contributed by atoms with Crippen molar-refractivity contribution >= 4 is 39.2 Å². The molecule has 0 amide bonds. The molecule has 0 saturated carbocycles. The average Bonchev–Trinajstić information content (AvgIpc) is 3.16. The van der Waals surface area contributed by atoms with Gasteiger partial charge in [0.05, 0.1) is 6.20 Å². The summed E-state index contributed by atoms with van der Waals surface area (Å²) >= 11 is 2.93. The van der Waals surface area contributed by atoms with Gasteiger partial charge in [-0.1, -0.05) is 23.1 Å². The van der Waals surface area contributed by atoms with Crippen molar-refractivity contribution < 1.29 is 22.3 Å². The van der Waals surface area contributed by atoms with E-state index >= 15 is 0 Å². The molecule has 3 heterocycles. The highest BCUT2D eigenvalue weighted by Gasteiger charge is 2.31. The highest BCUT2D eigenvalue weighted by molar-refractivity contribution is 8.00. The summed E-state index contributed by atoms with van der Waals surface area (Å²) in [5, 5.41) is 4.31. The molecule has 0 N–H and O–H groups in total. The fraction of sp³-hybridized carbons (Fsp3) is 0.154. The summed E-state index contributed by atoms with van der Waals surface area (Å²) in [4.78, 5) is 9.22. The van der Waals surface area contributed by atoms with E-state index in [1.54, 1.807) is 10.7 Å². The maximum Gasteiger partial charge on any atom is 0.573 e. The fourth-order valence-corrected chi connectivity index (χ4v) is 3.42. The van der Waals surface area contributed by atoms with E-state index in [1.807, 2.05) is 6.26 Å². The molecular weight excluding hydrogens is 365 g/mol. The van der Waals surface area contributed by atoms with E-state index < -0.39 is 6.36 Å². The molecule has 0 saturated heterocycles. The summed E-state index contributed by atoms with van der Waals surface area (Å²) in [5.41, 5.74) is 1.05. The summed E-state index contributed by atoms with van der Waals surface area (Å²) in [6.07, 6.45) is -1.18. The molecular formula is C13H7F3N4O2S2. The molecule has 11 heteroatoms. The third-order valence-electron chi connectivity index (χ3n) is 3.01. The van der Waals surface area contributed by atoms with Crippen LogP contribution in [-0.2, 0) is 0 Å². The third-order valence-corrected chi connectivity index (χ3v) is 4.91. The van der Waals surface area contributed by atoms with E-state index in [2.05, 4.69) is 19.8 Å². The predicted octanol–water partition coefficient (Wildman–Crippen LogP) is 4.22. The number of alkyl halides is 3. The van der Waals surface area contributed by atoms with Crippen LogP contribution < -0.4 is 4.74 Å². The maximum absolute atomic E-state index is 12.3.